The number of hydrogen-bond donors (Lipinski definition) is 0. The van der Waals surface area contributed by atoms with Gasteiger partial charge in [0.15, 0.2) is 5.82 Å². The lowest BCUT2D eigenvalue weighted by Gasteiger charge is -2.07. The lowest BCUT2D eigenvalue weighted by molar-refractivity contribution is 0.185. The van der Waals surface area contributed by atoms with Gasteiger partial charge in [-0.25, -0.2) is 8.42 Å². The van der Waals surface area contributed by atoms with Crippen molar-refractivity contribution in [3.05, 3.63) is 22.8 Å². The van der Waals surface area contributed by atoms with Crippen LogP contribution in [-0.2, 0) is 20.3 Å². The van der Waals surface area contributed by atoms with Gasteiger partial charge in [0, 0.05) is 28.5 Å². The summed E-state index contributed by atoms with van der Waals surface area (Å²) < 4.78 is 30.1. The van der Waals surface area contributed by atoms with E-state index in [1.54, 1.807) is 18.3 Å². The smallest absolute Gasteiger partial charge is 0.296 e. The van der Waals surface area contributed by atoms with E-state index in [9.17, 15) is 8.42 Å². The highest BCUT2D eigenvalue weighted by molar-refractivity contribution is 9.10. The zero-order valence-corrected chi connectivity index (χ0v) is 13.5. The number of hydrogen-bond acceptors (Lipinski definition) is 6. The van der Waals surface area contributed by atoms with Crippen LogP contribution in [0.4, 0.5) is 0 Å². The summed E-state index contributed by atoms with van der Waals surface area (Å²) >= 11 is 3.27. The summed E-state index contributed by atoms with van der Waals surface area (Å²) in [4.78, 5) is 4.16. The Kier molecular flexibility index (Phi) is 4.74. The SMILES string of the molecule is COCCn1c(-c2ccc(Br)cn2)nnc1S(=O)(=O)Cl. The van der Waals surface area contributed by atoms with Crippen LogP contribution in [0.25, 0.3) is 11.5 Å². The first-order valence-corrected chi connectivity index (χ1v) is 8.52. The molecule has 0 bridgehead atoms. The quantitative estimate of drug-likeness (QED) is 0.732. The van der Waals surface area contributed by atoms with Crippen molar-refractivity contribution in [3.63, 3.8) is 0 Å². The Morgan fingerprint density at radius 2 is 2.15 bits per heavy atom. The first-order chi connectivity index (χ1) is 9.43. The Morgan fingerprint density at radius 3 is 2.70 bits per heavy atom. The van der Waals surface area contributed by atoms with Crippen LogP contribution in [0.1, 0.15) is 0 Å². The summed E-state index contributed by atoms with van der Waals surface area (Å²) in [6.45, 7) is 0.541. The second kappa shape index (κ2) is 6.17. The average molecular weight is 382 g/mol. The van der Waals surface area contributed by atoms with Gasteiger partial charge < -0.3 is 4.74 Å². The minimum Gasteiger partial charge on any atom is -0.383 e. The molecule has 2 heterocycles. The molecule has 0 radical (unpaired) electrons. The molecule has 0 saturated heterocycles. The minimum atomic E-state index is -3.99. The fraction of sp³-hybridized carbons (Fsp3) is 0.300. The number of ether oxygens (including phenoxy) is 1. The first-order valence-electron chi connectivity index (χ1n) is 5.42. The van der Waals surface area contributed by atoms with Crippen LogP contribution in [0.5, 0.6) is 0 Å². The molecule has 0 N–H and O–H groups in total. The van der Waals surface area contributed by atoms with Crippen LogP contribution >= 0.6 is 26.6 Å². The van der Waals surface area contributed by atoms with E-state index in [-0.39, 0.29) is 11.7 Å². The van der Waals surface area contributed by atoms with Crippen molar-refractivity contribution in [2.75, 3.05) is 13.7 Å². The van der Waals surface area contributed by atoms with Crippen molar-refractivity contribution in [1.82, 2.24) is 19.7 Å². The van der Waals surface area contributed by atoms with Crippen LogP contribution in [0.15, 0.2) is 28.0 Å². The van der Waals surface area contributed by atoms with Crippen LogP contribution in [-0.4, -0.2) is 41.9 Å². The molecule has 0 aromatic carbocycles. The van der Waals surface area contributed by atoms with E-state index < -0.39 is 9.05 Å². The number of halogens is 2. The van der Waals surface area contributed by atoms with Gasteiger partial charge in [0.1, 0.15) is 5.69 Å². The summed E-state index contributed by atoms with van der Waals surface area (Å²) in [6, 6.07) is 3.47. The molecule has 0 saturated carbocycles. The number of aromatic nitrogens is 4. The molecule has 2 aromatic rings. The Hall–Kier alpha value is -1.03. The van der Waals surface area contributed by atoms with Gasteiger partial charge in [0.2, 0.25) is 0 Å². The molecule has 7 nitrogen and oxygen atoms in total. The zero-order chi connectivity index (χ0) is 14.8. The molecular weight excluding hydrogens is 372 g/mol. The topological polar surface area (TPSA) is 87.0 Å². The normalized spacial score (nSPS) is 11.8. The van der Waals surface area contributed by atoms with Crippen LogP contribution in [0.3, 0.4) is 0 Å². The fourth-order valence-corrected chi connectivity index (χ4v) is 2.71. The van der Waals surface area contributed by atoms with Crippen molar-refractivity contribution in [3.8, 4) is 11.5 Å². The Labute approximate surface area is 128 Å². The Morgan fingerprint density at radius 1 is 1.40 bits per heavy atom. The van der Waals surface area contributed by atoms with E-state index in [2.05, 4.69) is 31.1 Å². The second-order valence-electron chi connectivity index (χ2n) is 3.75. The van der Waals surface area contributed by atoms with E-state index in [0.29, 0.717) is 18.1 Å². The molecule has 0 aliphatic rings. The lowest BCUT2D eigenvalue weighted by Crippen LogP contribution is -2.11. The molecular formula is C10H10BrClN4O3S. The van der Waals surface area contributed by atoms with Gasteiger partial charge >= 0.3 is 0 Å². The lowest BCUT2D eigenvalue weighted by atomic mass is 10.3. The standard InChI is InChI=1S/C10H10BrClN4O3S/c1-19-5-4-16-9(8-3-2-7(11)6-13-8)14-15-10(16)20(12,17)18/h2-3,6H,4-5H2,1H3. The third-order valence-corrected chi connectivity index (χ3v) is 4.03. The number of pyridine rings is 1. The third-order valence-electron chi connectivity index (χ3n) is 2.41. The zero-order valence-electron chi connectivity index (χ0n) is 10.3. The van der Waals surface area contributed by atoms with Gasteiger partial charge in [-0.05, 0) is 28.1 Å². The highest BCUT2D eigenvalue weighted by Crippen LogP contribution is 2.22. The van der Waals surface area contributed by atoms with E-state index in [1.807, 2.05) is 0 Å². The third kappa shape index (κ3) is 3.35. The van der Waals surface area contributed by atoms with Gasteiger partial charge in [0.25, 0.3) is 14.2 Å². The molecule has 2 rings (SSSR count). The minimum absolute atomic E-state index is 0.248. The summed E-state index contributed by atoms with van der Waals surface area (Å²) in [7, 11) is 2.87. The predicted octanol–water partition coefficient (Wildman–Crippen LogP) is 1.68. The summed E-state index contributed by atoms with van der Waals surface area (Å²) in [6.07, 6.45) is 1.58. The maximum atomic E-state index is 11.5. The highest BCUT2D eigenvalue weighted by Gasteiger charge is 2.23. The summed E-state index contributed by atoms with van der Waals surface area (Å²) in [5.74, 6) is 0.314. The molecule has 0 atom stereocenters. The van der Waals surface area contributed by atoms with E-state index in [1.165, 1.54) is 11.7 Å². The molecule has 0 fully saturated rings. The Balaban J connectivity index is 2.53. The van der Waals surface area contributed by atoms with Crippen LogP contribution in [0.2, 0.25) is 0 Å². The fourth-order valence-electron chi connectivity index (χ4n) is 1.55. The molecule has 0 aliphatic carbocycles. The van der Waals surface area contributed by atoms with Gasteiger partial charge in [-0.1, -0.05) is 0 Å². The van der Waals surface area contributed by atoms with E-state index >= 15 is 0 Å². The molecule has 0 unspecified atom stereocenters. The van der Waals surface area contributed by atoms with Crippen molar-refractivity contribution in [2.24, 2.45) is 0 Å². The molecule has 20 heavy (non-hydrogen) atoms. The molecule has 0 aliphatic heterocycles. The van der Waals surface area contributed by atoms with Crippen LogP contribution < -0.4 is 0 Å². The van der Waals surface area contributed by atoms with Gasteiger partial charge in [-0.15, -0.1) is 10.2 Å². The van der Waals surface area contributed by atoms with Gasteiger partial charge in [-0.2, -0.15) is 0 Å². The maximum absolute atomic E-state index is 11.5. The first kappa shape index (κ1) is 15.4. The number of nitrogens with zero attached hydrogens (tertiary/aromatic N) is 4. The summed E-state index contributed by atoms with van der Waals surface area (Å²) in [5, 5.41) is 7.15. The summed E-state index contributed by atoms with van der Waals surface area (Å²) in [5.41, 5.74) is 0.489. The average Bonchev–Trinajstić information content (AvgIpc) is 2.81. The van der Waals surface area contributed by atoms with Crippen molar-refractivity contribution in [2.45, 2.75) is 11.7 Å². The van der Waals surface area contributed by atoms with Gasteiger partial charge in [0.05, 0.1) is 13.2 Å². The van der Waals surface area contributed by atoms with Crippen molar-refractivity contribution < 1.29 is 13.2 Å². The largest absolute Gasteiger partial charge is 0.383 e. The van der Waals surface area contributed by atoms with E-state index in [0.717, 1.165) is 4.47 Å². The second-order valence-corrected chi connectivity index (χ2v) is 7.13. The monoisotopic (exact) mass is 380 g/mol. The number of methoxy groups -OCH3 is 1. The van der Waals surface area contributed by atoms with Crippen LogP contribution in [0, 0.1) is 0 Å². The predicted molar refractivity (Wildman–Crippen MR) is 75.9 cm³/mol. The number of rotatable bonds is 5. The van der Waals surface area contributed by atoms with Crippen molar-refractivity contribution >= 4 is 35.7 Å². The Bertz CT molecular complexity index is 702. The highest BCUT2D eigenvalue weighted by atomic mass is 79.9. The van der Waals surface area contributed by atoms with E-state index in [4.69, 9.17) is 15.4 Å². The van der Waals surface area contributed by atoms with Crippen molar-refractivity contribution in [1.29, 1.82) is 0 Å². The maximum Gasteiger partial charge on any atom is 0.296 e. The molecule has 2 aromatic heterocycles. The molecule has 0 amide bonds. The molecule has 10 heteroatoms. The molecule has 108 valence electrons. The van der Waals surface area contributed by atoms with Gasteiger partial charge in [-0.3, -0.25) is 9.55 Å². The molecule has 0 spiro atoms.